The average molecular weight is 205 g/mol. The molecule has 8 heteroatoms. The lowest BCUT2D eigenvalue weighted by Crippen LogP contribution is -2.47. The lowest BCUT2D eigenvalue weighted by Gasteiger charge is -2.25. The predicted octanol–water partition coefficient (Wildman–Crippen LogP) is -0.163. The van der Waals surface area contributed by atoms with Gasteiger partial charge in [0, 0.05) is 31.1 Å². The summed E-state index contributed by atoms with van der Waals surface area (Å²) >= 11 is 0. The molecule has 1 saturated heterocycles. The minimum atomic E-state index is -3.30. The van der Waals surface area contributed by atoms with Crippen molar-refractivity contribution >= 4 is 10.2 Å². The molecule has 1 N–H and O–H groups in total. The van der Waals surface area contributed by atoms with Crippen LogP contribution in [0.15, 0.2) is 5.11 Å². The van der Waals surface area contributed by atoms with Crippen LogP contribution in [0, 0.1) is 0 Å². The highest BCUT2D eigenvalue weighted by atomic mass is 32.2. The Morgan fingerprint density at radius 1 is 1.62 bits per heavy atom. The van der Waals surface area contributed by atoms with Gasteiger partial charge in [-0.15, -0.1) is 0 Å². The second-order valence-electron chi connectivity index (χ2n) is 2.61. The van der Waals surface area contributed by atoms with Gasteiger partial charge >= 0.3 is 0 Å². The van der Waals surface area contributed by atoms with E-state index >= 15 is 0 Å². The highest BCUT2D eigenvalue weighted by Gasteiger charge is 2.23. The number of rotatable bonds is 3. The molecule has 1 rings (SSSR count). The molecule has 0 saturated carbocycles. The molecule has 0 aromatic heterocycles. The minimum Gasteiger partial charge on any atom is -0.202 e. The van der Waals surface area contributed by atoms with Gasteiger partial charge in [-0.05, 0) is 12.0 Å². The van der Waals surface area contributed by atoms with Gasteiger partial charge in [-0.3, -0.25) is 0 Å². The normalized spacial score (nSPS) is 22.2. The Labute approximate surface area is 76.5 Å². The number of nitrogens with one attached hydrogen (secondary N) is 1. The standard InChI is InChI=1S/C5H11N5O2S/c6-9-7-3-5-10-4-1-2-8-13(10,11)12/h8H,1-5H2. The van der Waals surface area contributed by atoms with Crippen LogP contribution >= 0.6 is 0 Å². The zero-order chi connectivity index (χ0) is 9.73. The molecule has 1 fully saturated rings. The van der Waals surface area contributed by atoms with Gasteiger partial charge in [0.15, 0.2) is 0 Å². The van der Waals surface area contributed by atoms with Crippen molar-refractivity contribution in [1.82, 2.24) is 9.03 Å². The molecule has 0 aromatic carbocycles. The van der Waals surface area contributed by atoms with E-state index < -0.39 is 10.2 Å². The molecule has 7 nitrogen and oxygen atoms in total. The molecule has 0 radical (unpaired) electrons. The van der Waals surface area contributed by atoms with Crippen molar-refractivity contribution in [2.75, 3.05) is 26.2 Å². The Morgan fingerprint density at radius 3 is 3.00 bits per heavy atom. The number of azide groups is 1. The largest absolute Gasteiger partial charge is 0.279 e. The topological polar surface area (TPSA) is 98.2 Å². The molecule has 74 valence electrons. The Bertz CT molecular complexity index is 307. The summed E-state index contributed by atoms with van der Waals surface area (Å²) in [5, 5.41) is 3.28. The first kappa shape index (κ1) is 10.3. The smallest absolute Gasteiger partial charge is 0.202 e. The van der Waals surface area contributed by atoms with Gasteiger partial charge in [0.25, 0.3) is 10.2 Å². The van der Waals surface area contributed by atoms with Crippen molar-refractivity contribution in [1.29, 1.82) is 0 Å². The monoisotopic (exact) mass is 205 g/mol. The highest BCUT2D eigenvalue weighted by Crippen LogP contribution is 2.04. The third-order valence-corrected chi connectivity index (χ3v) is 3.34. The summed E-state index contributed by atoms with van der Waals surface area (Å²) in [6.07, 6.45) is 0.787. The van der Waals surface area contributed by atoms with Crippen LogP contribution in [0.2, 0.25) is 0 Å². The van der Waals surface area contributed by atoms with E-state index in [-0.39, 0.29) is 13.1 Å². The van der Waals surface area contributed by atoms with Gasteiger partial charge in [0.1, 0.15) is 0 Å². The molecule has 1 aliphatic heterocycles. The first-order valence-corrected chi connectivity index (χ1v) is 5.36. The zero-order valence-electron chi connectivity index (χ0n) is 7.05. The van der Waals surface area contributed by atoms with E-state index in [0.29, 0.717) is 13.1 Å². The van der Waals surface area contributed by atoms with E-state index in [9.17, 15) is 8.42 Å². The quantitative estimate of drug-likeness (QED) is 0.393. The molecule has 0 unspecified atom stereocenters. The first-order chi connectivity index (χ1) is 6.17. The van der Waals surface area contributed by atoms with E-state index in [2.05, 4.69) is 14.7 Å². The fourth-order valence-electron chi connectivity index (χ4n) is 1.10. The second-order valence-corrected chi connectivity index (χ2v) is 4.36. The van der Waals surface area contributed by atoms with Crippen molar-refractivity contribution in [3.63, 3.8) is 0 Å². The third-order valence-electron chi connectivity index (χ3n) is 1.72. The van der Waals surface area contributed by atoms with E-state index in [1.807, 2.05) is 0 Å². The minimum absolute atomic E-state index is 0.178. The Hall–Kier alpha value is -0.820. The van der Waals surface area contributed by atoms with E-state index in [1.54, 1.807) is 0 Å². The fourth-order valence-corrected chi connectivity index (χ4v) is 2.38. The SMILES string of the molecule is [N-]=[N+]=NCCN1CCCNS1(=O)=O. The fraction of sp³-hybridized carbons (Fsp3) is 1.00. The van der Waals surface area contributed by atoms with Gasteiger partial charge in [-0.2, -0.15) is 12.7 Å². The van der Waals surface area contributed by atoms with Crippen LogP contribution in [-0.2, 0) is 10.2 Å². The maximum atomic E-state index is 11.3. The van der Waals surface area contributed by atoms with Crippen LogP contribution in [-0.4, -0.2) is 38.9 Å². The lowest BCUT2D eigenvalue weighted by atomic mass is 10.4. The number of nitrogens with zero attached hydrogens (tertiary/aromatic N) is 4. The third kappa shape index (κ3) is 2.85. The number of hydrogen-bond acceptors (Lipinski definition) is 3. The van der Waals surface area contributed by atoms with Gasteiger partial charge in [0.2, 0.25) is 0 Å². The highest BCUT2D eigenvalue weighted by molar-refractivity contribution is 7.87. The first-order valence-electron chi connectivity index (χ1n) is 3.92. The van der Waals surface area contributed by atoms with Crippen LogP contribution in [0.5, 0.6) is 0 Å². The summed E-state index contributed by atoms with van der Waals surface area (Å²) in [6.45, 7) is 1.41. The summed E-state index contributed by atoms with van der Waals surface area (Å²) in [7, 11) is -3.30. The summed E-state index contributed by atoms with van der Waals surface area (Å²) in [6, 6.07) is 0. The van der Waals surface area contributed by atoms with E-state index in [4.69, 9.17) is 5.53 Å². The average Bonchev–Trinajstić information content (AvgIpc) is 2.08. The molecule has 0 aromatic rings. The van der Waals surface area contributed by atoms with Crippen LogP contribution in [0.1, 0.15) is 6.42 Å². The Kier molecular flexibility index (Phi) is 3.49. The van der Waals surface area contributed by atoms with Crippen molar-refractivity contribution in [3.8, 4) is 0 Å². The maximum Gasteiger partial charge on any atom is 0.279 e. The predicted molar refractivity (Wildman–Crippen MR) is 47.1 cm³/mol. The molecule has 1 aliphatic rings. The summed E-state index contributed by atoms with van der Waals surface area (Å²) in [4.78, 5) is 2.55. The summed E-state index contributed by atoms with van der Waals surface area (Å²) < 4.78 is 26.2. The van der Waals surface area contributed by atoms with E-state index in [0.717, 1.165) is 6.42 Å². The molecular weight excluding hydrogens is 194 g/mol. The second kappa shape index (κ2) is 4.43. The Morgan fingerprint density at radius 2 is 2.38 bits per heavy atom. The molecule has 1 heterocycles. The lowest BCUT2D eigenvalue weighted by molar-refractivity contribution is 0.381. The van der Waals surface area contributed by atoms with Crippen LogP contribution < -0.4 is 4.72 Å². The van der Waals surface area contributed by atoms with Crippen LogP contribution in [0.3, 0.4) is 0 Å². The molecular formula is C5H11N5O2S. The van der Waals surface area contributed by atoms with Crippen molar-refractivity contribution in [3.05, 3.63) is 10.4 Å². The van der Waals surface area contributed by atoms with Gasteiger partial charge in [0.05, 0.1) is 0 Å². The van der Waals surface area contributed by atoms with Crippen molar-refractivity contribution in [2.24, 2.45) is 5.11 Å². The molecule has 0 spiro atoms. The van der Waals surface area contributed by atoms with Crippen molar-refractivity contribution in [2.45, 2.75) is 6.42 Å². The van der Waals surface area contributed by atoms with Crippen molar-refractivity contribution < 1.29 is 8.42 Å². The van der Waals surface area contributed by atoms with Gasteiger partial charge in [-0.25, -0.2) is 4.72 Å². The molecule has 0 amide bonds. The van der Waals surface area contributed by atoms with Crippen LogP contribution in [0.25, 0.3) is 10.4 Å². The zero-order valence-corrected chi connectivity index (χ0v) is 7.87. The number of hydrogen-bond donors (Lipinski definition) is 1. The summed E-state index contributed by atoms with van der Waals surface area (Å²) in [5.41, 5.74) is 8.00. The van der Waals surface area contributed by atoms with Crippen LogP contribution in [0.4, 0.5) is 0 Å². The molecule has 0 aliphatic carbocycles. The molecule has 0 bridgehead atoms. The molecule has 13 heavy (non-hydrogen) atoms. The van der Waals surface area contributed by atoms with Gasteiger partial charge < -0.3 is 0 Å². The van der Waals surface area contributed by atoms with Gasteiger partial charge in [-0.1, -0.05) is 5.11 Å². The maximum absolute atomic E-state index is 11.3. The molecule has 0 atom stereocenters. The van der Waals surface area contributed by atoms with E-state index in [1.165, 1.54) is 4.31 Å². The summed E-state index contributed by atoms with van der Waals surface area (Å²) in [5.74, 6) is 0. The Balaban J connectivity index is 2.51.